The first-order chi connectivity index (χ1) is 9.04. The summed E-state index contributed by atoms with van der Waals surface area (Å²) < 4.78 is 5.56. The Bertz CT molecular complexity index is 502. The lowest BCUT2D eigenvalue weighted by molar-refractivity contribution is -0.128. The standard InChI is InChI=1S/C13H17N3O3/c1-8(2)13(18)16-7-11(12(17)15-14)19-10-6-4-3-5-9(10)16/h3-6,8,11H,7,14H2,1-2H3,(H,15,17). The Labute approximate surface area is 111 Å². The molecule has 2 amide bonds. The fraction of sp³-hybridized carbons (Fsp3) is 0.385. The Hall–Kier alpha value is -2.08. The van der Waals surface area contributed by atoms with Gasteiger partial charge in [-0.15, -0.1) is 0 Å². The third-order valence-corrected chi connectivity index (χ3v) is 2.97. The molecule has 1 heterocycles. The lowest BCUT2D eigenvalue weighted by Gasteiger charge is -2.34. The highest BCUT2D eigenvalue weighted by Crippen LogP contribution is 2.33. The number of anilines is 1. The van der Waals surface area contributed by atoms with Crippen LogP contribution in [0.1, 0.15) is 13.8 Å². The number of hydrogen-bond donors (Lipinski definition) is 2. The third-order valence-electron chi connectivity index (χ3n) is 2.97. The van der Waals surface area contributed by atoms with Gasteiger partial charge in [0.15, 0.2) is 6.10 Å². The molecule has 1 unspecified atom stereocenters. The highest BCUT2D eigenvalue weighted by Gasteiger charge is 2.34. The minimum atomic E-state index is -0.789. The van der Waals surface area contributed by atoms with E-state index >= 15 is 0 Å². The number of nitrogens with two attached hydrogens (primary N) is 1. The van der Waals surface area contributed by atoms with Crippen LogP contribution in [0.2, 0.25) is 0 Å². The van der Waals surface area contributed by atoms with Crippen LogP contribution in [0.4, 0.5) is 5.69 Å². The van der Waals surface area contributed by atoms with Gasteiger partial charge in [0.25, 0.3) is 5.91 Å². The van der Waals surface area contributed by atoms with E-state index in [1.807, 2.05) is 19.9 Å². The Kier molecular flexibility index (Phi) is 3.71. The minimum absolute atomic E-state index is 0.0504. The summed E-state index contributed by atoms with van der Waals surface area (Å²) in [7, 11) is 0. The molecule has 1 atom stereocenters. The number of hydrogen-bond acceptors (Lipinski definition) is 4. The molecule has 3 N–H and O–H groups in total. The van der Waals surface area contributed by atoms with Gasteiger partial charge in [-0.25, -0.2) is 5.84 Å². The summed E-state index contributed by atoms with van der Waals surface area (Å²) in [6, 6.07) is 7.14. The van der Waals surface area contributed by atoms with Gasteiger partial charge in [-0.2, -0.15) is 0 Å². The van der Waals surface area contributed by atoms with Gasteiger partial charge in [0.2, 0.25) is 5.91 Å². The van der Waals surface area contributed by atoms with Gasteiger partial charge in [-0.05, 0) is 12.1 Å². The fourth-order valence-electron chi connectivity index (χ4n) is 1.98. The van der Waals surface area contributed by atoms with Gasteiger partial charge in [0.05, 0.1) is 12.2 Å². The van der Waals surface area contributed by atoms with E-state index in [4.69, 9.17) is 10.6 Å². The second kappa shape index (κ2) is 5.27. The zero-order chi connectivity index (χ0) is 14.0. The maximum absolute atomic E-state index is 12.2. The number of ether oxygens (including phenoxy) is 1. The molecule has 0 saturated carbocycles. The molecule has 0 saturated heterocycles. The second-order valence-corrected chi connectivity index (χ2v) is 4.69. The SMILES string of the molecule is CC(C)C(=O)N1CC(C(=O)NN)Oc2ccccc21. The van der Waals surface area contributed by atoms with Crippen LogP contribution < -0.4 is 20.9 Å². The molecule has 1 aliphatic rings. The van der Waals surface area contributed by atoms with Gasteiger partial charge in [0, 0.05) is 5.92 Å². The largest absolute Gasteiger partial charge is 0.476 e. The molecular weight excluding hydrogens is 246 g/mol. The molecule has 1 aromatic carbocycles. The van der Waals surface area contributed by atoms with E-state index in [1.165, 1.54) is 0 Å². The molecule has 0 aliphatic carbocycles. The van der Waals surface area contributed by atoms with Crippen LogP contribution >= 0.6 is 0 Å². The molecule has 0 bridgehead atoms. The summed E-state index contributed by atoms with van der Waals surface area (Å²) in [4.78, 5) is 25.4. The number of hydrazine groups is 1. The summed E-state index contributed by atoms with van der Waals surface area (Å²) in [5.41, 5.74) is 2.73. The monoisotopic (exact) mass is 263 g/mol. The van der Waals surface area contributed by atoms with Gasteiger partial charge in [-0.1, -0.05) is 26.0 Å². The van der Waals surface area contributed by atoms with Crippen LogP contribution in [-0.4, -0.2) is 24.5 Å². The summed E-state index contributed by atoms with van der Waals surface area (Å²) >= 11 is 0. The highest BCUT2D eigenvalue weighted by molar-refractivity contribution is 5.98. The molecule has 6 nitrogen and oxygen atoms in total. The van der Waals surface area contributed by atoms with Crippen LogP contribution in [0.3, 0.4) is 0 Å². The number of nitrogens with one attached hydrogen (secondary N) is 1. The van der Waals surface area contributed by atoms with Crippen molar-refractivity contribution in [3.63, 3.8) is 0 Å². The molecule has 0 radical (unpaired) electrons. The first-order valence-electron chi connectivity index (χ1n) is 6.12. The average molecular weight is 263 g/mol. The zero-order valence-corrected chi connectivity index (χ0v) is 10.9. The first-order valence-corrected chi connectivity index (χ1v) is 6.12. The van der Waals surface area contributed by atoms with Gasteiger partial charge in [-0.3, -0.25) is 15.0 Å². The minimum Gasteiger partial charge on any atom is -0.476 e. The normalized spacial score (nSPS) is 17.7. The molecule has 6 heteroatoms. The fourth-order valence-corrected chi connectivity index (χ4v) is 1.98. The van der Waals surface area contributed by atoms with E-state index in [1.54, 1.807) is 23.1 Å². The highest BCUT2D eigenvalue weighted by atomic mass is 16.5. The van der Waals surface area contributed by atoms with Crippen LogP contribution in [0.25, 0.3) is 0 Å². The Morgan fingerprint density at radius 1 is 1.42 bits per heavy atom. The Morgan fingerprint density at radius 2 is 2.11 bits per heavy atom. The lowest BCUT2D eigenvalue weighted by Crippen LogP contribution is -2.52. The van der Waals surface area contributed by atoms with E-state index < -0.39 is 12.0 Å². The maximum Gasteiger partial charge on any atom is 0.276 e. The molecule has 1 aromatic rings. The third kappa shape index (κ3) is 2.53. The molecule has 19 heavy (non-hydrogen) atoms. The predicted molar refractivity (Wildman–Crippen MR) is 70.4 cm³/mol. The Balaban J connectivity index is 2.36. The average Bonchev–Trinajstić information content (AvgIpc) is 2.44. The molecule has 0 fully saturated rings. The van der Waals surface area contributed by atoms with E-state index in [2.05, 4.69) is 5.43 Å². The van der Waals surface area contributed by atoms with Gasteiger partial charge >= 0.3 is 0 Å². The number of benzene rings is 1. The van der Waals surface area contributed by atoms with Crippen molar-refractivity contribution in [1.82, 2.24) is 5.43 Å². The molecule has 0 aromatic heterocycles. The summed E-state index contributed by atoms with van der Waals surface area (Å²) in [6.07, 6.45) is -0.789. The van der Waals surface area contributed by atoms with Crippen molar-refractivity contribution in [3.05, 3.63) is 24.3 Å². The van der Waals surface area contributed by atoms with Crippen molar-refractivity contribution < 1.29 is 14.3 Å². The number of para-hydroxylation sites is 2. The molecule has 102 valence electrons. The Morgan fingerprint density at radius 3 is 2.74 bits per heavy atom. The molecule has 2 rings (SSSR count). The number of carbonyl (C=O) groups is 2. The topological polar surface area (TPSA) is 84.7 Å². The number of amides is 2. The lowest BCUT2D eigenvalue weighted by atomic mass is 10.1. The van der Waals surface area contributed by atoms with E-state index in [0.29, 0.717) is 11.4 Å². The zero-order valence-electron chi connectivity index (χ0n) is 10.9. The van der Waals surface area contributed by atoms with Crippen molar-refractivity contribution in [2.24, 2.45) is 11.8 Å². The number of nitrogens with zero attached hydrogens (tertiary/aromatic N) is 1. The molecule has 0 spiro atoms. The van der Waals surface area contributed by atoms with Crippen molar-refractivity contribution in [2.45, 2.75) is 20.0 Å². The first kappa shape index (κ1) is 13.4. The molecule has 1 aliphatic heterocycles. The van der Waals surface area contributed by atoms with Gasteiger partial charge in [0.1, 0.15) is 5.75 Å². The van der Waals surface area contributed by atoms with E-state index in [-0.39, 0.29) is 18.4 Å². The summed E-state index contributed by atoms with van der Waals surface area (Å²) in [5.74, 6) is 4.97. The maximum atomic E-state index is 12.2. The van der Waals surface area contributed by atoms with Crippen LogP contribution in [0.15, 0.2) is 24.3 Å². The number of carbonyl (C=O) groups excluding carboxylic acids is 2. The summed E-state index contributed by atoms with van der Waals surface area (Å²) in [6.45, 7) is 3.80. The second-order valence-electron chi connectivity index (χ2n) is 4.69. The van der Waals surface area contributed by atoms with Crippen LogP contribution in [-0.2, 0) is 9.59 Å². The quantitative estimate of drug-likeness (QED) is 0.460. The van der Waals surface area contributed by atoms with Crippen molar-refractivity contribution in [1.29, 1.82) is 0 Å². The van der Waals surface area contributed by atoms with E-state index in [9.17, 15) is 9.59 Å². The molecular formula is C13H17N3O3. The smallest absolute Gasteiger partial charge is 0.276 e. The number of fused-ring (bicyclic) bond motifs is 1. The van der Waals surface area contributed by atoms with Crippen molar-refractivity contribution in [2.75, 3.05) is 11.4 Å². The van der Waals surface area contributed by atoms with E-state index in [0.717, 1.165) is 0 Å². The number of rotatable bonds is 2. The van der Waals surface area contributed by atoms with Crippen LogP contribution in [0, 0.1) is 5.92 Å². The predicted octanol–water partition coefficient (Wildman–Crippen LogP) is 0.427. The summed E-state index contributed by atoms with van der Waals surface area (Å²) in [5, 5.41) is 0. The van der Waals surface area contributed by atoms with Crippen molar-refractivity contribution in [3.8, 4) is 5.75 Å². The van der Waals surface area contributed by atoms with Crippen molar-refractivity contribution >= 4 is 17.5 Å². The van der Waals surface area contributed by atoms with Gasteiger partial charge < -0.3 is 9.64 Å². The van der Waals surface area contributed by atoms with Crippen LogP contribution in [0.5, 0.6) is 5.75 Å².